The first kappa shape index (κ1) is 22.9. The topological polar surface area (TPSA) is 76.4 Å². The number of hydrogen-bond acceptors (Lipinski definition) is 4. The second-order valence-corrected chi connectivity index (χ2v) is 5.62. The number of hydrogen-bond donors (Lipinski definition) is 2. The Hall–Kier alpha value is -2.10. The molecule has 0 atom stereocenters. The van der Waals surface area contributed by atoms with Crippen molar-refractivity contribution in [1.82, 2.24) is 25.4 Å². The van der Waals surface area contributed by atoms with Crippen LogP contribution in [0.1, 0.15) is 25.2 Å². The number of nitrogens with one attached hydrogen (secondary N) is 2. The number of aliphatic imine (C=N–C) groups is 1. The Labute approximate surface area is 178 Å². The molecular formula is C19H29IN6O. The molecular weight excluding hydrogens is 455 g/mol. The molecule has 2 N–H and O–H groups in total. The van der Waals surface area contributed by atoms with Crippen LogP contribution in [0.3, 0.4) is 0 Å². The van der Waals surface area contributed by atoms with Crippen LogP contribution in [-0.4, -0.2) is 40.4 Å². The number of aryl methyl sites for hydroxylation is 1. The first-order valence-electron chi connectivity index (χ1n) is 8.98. The monoisotopic (exact) mass is 484 g/mol. The van der Waals surface area contributed by atoms with E-state index in [9.17, 15) is 0 Å². The summed E-state index contributed by atoms with van der Waals surface area (Å²) < 4.78 is 7.74. The molecule has 0 aliphatic rings. The molecule has 0 bridgehead atoms. The Kier molecular flexibility index (Phi) is 11.2. The average Bonchev–Trinajstić information content (AvgIpc) is 3.12. The third kappa shape index (κ3) is 7.58. The van der Waals surface area contributed by atoms with E-state index in [0.717, 1.165) is 49.2 Å². The van der Waals surface area contributed by atoms with Gasteiger partial charge in [0, 0.05) is 31.6 Å². The maximum Gasteiger partial charge on any atom is 0.191 e. The lowest BCUT2D eigenvalue weighted by Gasteiger charge is -2.13. The Morgan fingerprint density at radius 3 is 2.85 bits per heavy atom. The van der Waals surface area contributed by atoms with Crippen molar-refractivity contribution in [1.29, 1.82) is 0 Å². The molecule has 0 amide bonds. The second kappa shape index (κ2) is 13.1. The third-order valence-corrected chi connectivity index (χ3v) is 3.74. The van der Waals surface area contributed by atoms with Crippen molar-refractivity contribution in [3.8, 4) is 5.75 Å². The van der Waals surface area contributed by atoms with E-state index in [-0.39, 0.29) is 24.0 Å². The number of ether oxygens (including phenoxy) is 1. The summed E-state index contributed by atoms with van der Waals surface area (Å²) in [6.45, 7) is 11.2. The summed E-state index contributed by atoms with van der Waals surface area (Å²) in [5, 5.41) is 14.7. The van der Waals surface area contributed by atoms with E-state index in [1.807, 2.05) is 31.2 Å². The fourth-order valence-corrected chi connectivity index (χ4v) is 2.46. The highest BCUT2D eigenvalue weighted by atomic mass is 127. The van der Waals surface area contributed by atoms with Crippen molar-refractivity contribution in [2.75, 3.05) is 19.7 Å². The molecule has 0 fully saturated rings. The normalized spacial score (nSPS) is 10.8. The molecule has 2 aromatic rings. The maximum atomic E-state index is 5.69. The van der Waals surface area contributed by atoms with Gasteiger partial charge in [0.1, 0.15) is 24.5 Å². The number of guanidine groups is 1. The fraction of sp³-hybridized carbons (Fsp3) is 0.421. The molecule has 0 aliphatic heterocycles. The molecule has 0 spiro atoms. The molecule has 8 heteroatoms. The molecule has 1 heterocycles. The molecule has 148 valence electrons. The van der Waals surface area contributed by atoms with Gasteiger partial charge >= 0.3 is 0 Å². The first-order chi connectivity index (χ1) is 12.8. The summed E-state index contributed by atoms with van der Waals surface area (Å²) in [4.78, 5) is 4.66. The van der Waals surface area contributed by atoms with Crippen LogP contribution in [0.4, 0.5) is 0 Å². The van der Waals surface area contributed by atoms with Crippen molar-refractivity contribution < 1.29 is 4.74 Å². The van der Waals surface area contributed by atoms with Gasteiger partial charge in [-0.3, -0.25) is 0 Å². The predicted molar refractivity (Wildman–Crippen MR) is 120 cm³/mol. The molecule has 0 aliphatic carbocycles. The first-order valence-corrected chi connectivity index (χ1v) is 8.98. The lowest BCUT2D eigenvalue weighted by molar-refractivity contribution is 0.359. The Morgan fingerprint density at radius 1 is 1.30 bits per heavy atom. The highest BCUT2D eigenvalue weighted by Crippen LogP contribution is 2.18. The van der Waals surface area contributed by atoms with Crippen LogP contribution in [0, 0.1) is 0 Å². The van der Waals surface area contributed by atoms with E-state index in [1.54, 1.807) is 12.4 Å². The minimum atomic E-state index is 0. The Balaban J connectivity index is 0.00000364. The number of para-hydroxylation sites is 1. The van der Waals surface area contributed by atoms with Gasteiger partial charge in [0.25, 0.3) is 0 Å². The van der Waals surface area contributed by atoms with Gasteiger partial charge in [-0.05, 0) is 13.0 Å². The minimum Gasteiger partial charge on any atom is -0.489 e. The number of aromatic nitrogens is 3. The zero-order chi connectivity index (χ0) is 18.6. The van der Waals surface area contributed by atoms with Crippen molar-refractivity contribution in [2.45, 2.75) is 33.4 Å². The lowest BCUT2D eigenvalue weighted by atomic mass is 10.2. The van der Waals surface area contributed by atoms with Crippen molar-refractivity contribution in [2.24, 2.45) is 4.99 Å². The standard InChI is InChI=1S/C19H28N6O.HI/c1-4-13-26-17-10-8-7-9-16(17)14-22-19(20-6-3)21-11-12-25-15-23-24-18(25)5-2;/h4,7-10,15H,1,5-6,11-14H2,2-3H3,(H2,20,21,22);1H. The van der Waals surface area contributed by atoms with E-state index >= 15 is 0 Å². The summed E-state index contributed by atoms with van der Waals surface area (Å²) in [5.41, 5.74) is 1.04. The smallest absolute Gasteiger partial charge is 0.191 e. The van der Waals surface area contributed by atoms with E-state index in [0.29, 0.717) is 13.2 Å². The number of halogens is 1. The molecule has 0 unspecified atom stereocenters. The van der Waals surface area contributed by atoms with Gasteiger partial charge in [-0.25, -0.2) is 4.99 Å². The van der Waals surface area contributed by atoms with Gasteiger partial charge in [0.05, 0.1) is 6.54 Å². The molecule has 7 nitrogen and oxygen atoms in total. The van der Waals surface area contributed by atoms with Crippen LogP contribution in [0.15, 0.2) is 48.2 Å². The van der Waals surface area contributed by atoms with Crippen molar-refractivity contribution in [3.63, 3.8) is 0 Å². The molecule has 27 heavy (non-hydrogen) atoms. The maximum absolute atomic E-state index is 5.69. The lowest BCUT2D eigenvalue weighted by Crippen LogP contribution is -2.38. The molecule has 0 radical (unpaired) electrons. The van der Waals surface area contributed by atoms with Crippen molar-refractivity contribution >= 4 is 29.9 Å². The number of benzene rings is 1. The summed E-state index contributed by atoms with van der Waals surface area (Å²) in [6.07, 6.45) is 4.37. The van der Waals surface area contributed by atoms with Crippen LogP contribution < -0.4 is 15.4 Å². The van der Waals surface area contributed by atoms with E-state index < -0.39 is 0 Å². The SMILES string of the molecule is C=CCOc1ccccc1CN=C(NCC)NCCn1cnnc1CC.I. The summed E-state index contributed by atoms with van der Waals surface area (Å²) in [6, 6.07) is 7.92. The van der Waals surface area contributed by atoms with Gasteiger partial charge in [-0.15, -0.1) is 34.2 Å². The van der Waals surface area contributed by atoms with E-state index in [1.165, 1.54) is 0 Å². The van der Waals surface area contributed by atoms with Crippen LogP contribution in [0.2, 0.25) is 0 Å². The van der Waals surface area contributed by atoms with Crippen LogP contribution >= 0.6 is 24.0 Å². The van der Waals surface area contributed by atoms with E-state index in [4.69, 9.17) is 4.74 Å². The summed E-state index contributed by atoms with van der Waals surface area (Å²) in [7, 11) is 0. The van der Waals surface area contributed by atoms with Gasteiger partial charge in [-0.2, -0.15) is 0 Å². The zero-order valence-electron chi connectivity index (χ0n) is 16.0. The Bertz CT molecular complexity index is 716. The van der Waals surface area contributed by atoms with Gasteiger partial charge < -0.3 is 19.9 Å². The molecule has 1 aromatic carbocycles. The molecule has 0 saturated heterocycles. The predicted octanol–water partition coefficient (Wildman–Crippen LogP) is 2.78. The van der Waals surface area contributed by atoms with E-state index in [2.05, 4.69) is 43.9 Å². The molecule has 0 saturated carbocycles. The Morgan fingerprint density at radius 2 is 2.11 bits per heavy atom. The highest BCUT2D eigenvalue weighted by molar-refractivity contribution is 14.0. The zero-order valence-corrected chi connectivity index (χ0v) is 18.3. The molecule has 2 rings (SSSR count). The summed E-state index contributed by atoms with van der Waals surface area (Å²) in [5.74, 6) is 2.60. The quantitative estimate of drug-likeness (QED) is 0.235. The van der Waals surface area contributed by atoms with Gasteiger partial charge in [0.15, 0.2) is 5.96 Å². The summed E-state index contributed by atoms with van der Waals surface area (Å²) >= 11 is 0. The van der Waals surface area contributed by atoms with Gasteiger partial charge in [-0.1, -0.05) is 37.8 Å². The third-order valence-electron chi connectivity index (χ3n) is 3.74. The van der Waals surface area contributed by atoms with Crippen molar-refractivity contribution in [3.05, 3.63) is 54.6 Å². The molecule has 1 aromatic heterocycles. The fourth-order valence-electron chi connectivity index (χ4n) is 2.46. The minimum absolute atomic E-state index is 0. The largest absolute Gasteiger partial charge is 0.489 e. The number of nitrogens with zero attached hydrogens (tertiary/aromatic N) is 4. The van der Waals surface area contributed by atoms with Crippen LogP contribution in [0.25, 0.3) is 0 Å². The van der Waals surface area contributed by atoms with Gasteiger partial charge in [0.2, 0.25) is 0 Å². The second-order valence-electron chi connectivity index (χ2n) is 5.62. The van der Waals surface area contributed by atoms with Crippen LogP contribution in [0.5, 0.6) is 5.75 Å². The number of rotatable bonds is 10. The van der Waals surface area contributed by atoms with Crippen LogP contribution in [-0.2, 0) is 19.5 Å². The highest BCUT2D eigenvalue weighted by Gasteiger charge is 2.04. The average molecular weight is 484 g/mol.